The van der Waals surface area contributed by atoms with E-state index in [1.807, 2.05) is 36.4 Å². The van der Waals surface area contributed by atoms with Gasteiger partial charge in [-0.15, -0.1) is 0 Å². The molecule has 0 atom stereocenters. The lowest BCUT2D eigenvalue weighted by molar-refractivity contribution is -0.113. The van der Waals surface area contributed by atoms with Crippen molar-refractivity contribution in [3.05, 3.63) is 66.2 Å². The Balaban J connectivity index is 1.59. The summed E-state index contributed by atoms with van der Waals surface area (Å²) in [6.07, 6.45) is 0. The van der Waals surface area contributed by atoms with Gasteiger partial charge in [-0.2, -0.15) is 0 Å². The number of nitrogens with one attached hydrogen (secondary N) is 1. The predicted molar refractivity (Wildman–Crippen MR) is 96.1 cm³/mol. The number of amides is 2. The summed E-state index contributed by atoms with van der Waals surface area (Å²) < 4.78 is 0. The first-order valence-electron chi connectivity index (χ1n) is 7.30. The summed E-state index contributed by atoms with van der Waals surface area (Å²) in [6, 6.07) is 18.2. The normalized spacial score (nSPS) is 10.5. The van der Waals surface area contributed by atoms with Crippen LogP contribution in [0.2, 0.25) is 0 Å². The number of pyridine rings is 1. The fourth-order valence-electron chi connectivity index (χ4n) is 2.18. The van der Waals surface area contributed by atoms with Crippen LogP contribution in [0.3, 0.4) is 0 Å². The molecule has 0 radical (unpaired) electrons. The summed E-state index contributed by atoms with van der Waals surface area (Å²) in [6.45, 7) is 0. The molecule has 3 rings (SSSR count). The molecule has 6 heteroatoms. The number of nitrogens with zero attached hydrogens (tertiary/aromatic N) is 1. The first-order valence-corrected chi connectivity index (χ1v) is 8.29. The second kappa shape index (κ2) is 7.14. The van der Waals surface area contributed by atoms with Crippen molar-refractivity contribution >= 4 is 40.2 Å². The second-order valence-corrected chi connectivity index (χ2v) is 6.12. The van der Waals surface area contributed by atoms with E-state index in [1.54, 1.807) is 24.3 Å². The number of para-hydroxylation sites is 1. The lowest BCUT2D eigenvalue weighted by atomic mass is 10.2. The average Bonchev–Trinajstić information content (AvgIpc) is 2.60. The van der Waals surface area contributed by atoms with Gasteiger partial charge in [-0.1, -0.05) is 36.0 Å². The number of carbonyl (C=O) groups is 2. The molecular formula is C18H15N3O2S. The molecular weight excluding hydrogens is 322 g/mol. The first kappa shape index (κ1) is 16.0. The van der Waals surface area contributed by atoms with E-state index in [0.29, 0.717) is 11.3 Å². The highest BCUT2D eigenvalue weighted by Gasteiger charge is 2.06. The number of hydrogen-bond acceptors (Lipinski definition) is 4. The third kappa shape index (κ3) is 3.91. The molecule has 0 spiro atoms. The Labute approximate surface area is 143 Å². The van der Waals surface area contributed by atoms with Crippen molar-refractivity contribution in [3.63, 3.8) is 0 Å². The van der Waals surface area contributed by atoms with Gasteiger partial charge in [0.25, 0.3) is 0 Å². The molecule has 0 aliphatic heterocycles. The molecule has 3 N–H and O–H groups in total. The maximum Gasteiger partial charge on any atom is 0.248 e. The van der Waals surface area contributed by atoms with Crippen LogP contribution in [-0.4, -0.2) is 22.6 Å². The summed E-state index contributed by atoms with van der Waals surface area (Å²) >= 11 is 1.37. The van der Waals surface area contributed by atoms with E-state index >= 15 is 0 Å². The molecule has 0 saturated heterocycles. The summed E-state index contributed by atoms with van der Waals surface area (Å²) in [5.41, 5.74) is 7.12. The third-order valence-corrected chi connectivity index (χ3v) is 4.31. The molecule has 1 aromatic heterocycles. The Morgan fingerprint density at radius 1 is 1.00 bits per heavy atom. The summed E-state index contributed by atoms with van der Waals surface area (Å²) in [7, 11) is 0. The number of rotatable bonds is 5. The van der Waals surface area contributed by atoms with E-state index in [1.165, 1.54) is 11.8 Å². The van der Waals surface area contributed by atoms with Gasteiger partial charge in [0, 0.05) is 16.6 Å². The van der Waals surface area contributed by atoms with Gasteiger partial charge in [0.15, 0.2) is 0 Å². The van der Waals surface area contributed by atoms with Crippen molar-refractivity contribution in [2.24, 2.45) is 5.73 Å². The number of carbonyl (C=O) groups excluding carboxylic acids is 2. The van der Waals surface area contributed by atoms with Crippen LogP contribution in [0.1, 0.15) is 10.4 Å². The van der Waals surface area contributed by atoms with Gasteiger partial charge in [0.2, 0.25) is 11.8 Å². The Morgan fingerprint density at radius 3 is 2.50 bits per heavy atom. The van der Waals surface area contributed by atoms with Crippen LogP contribution in [0.15, 0.2) is 65.7 Å². The maximum absolute atomic E-state index is 12.0. The highest BCUT2D eigenvalue weighted by molar-refractivity contribution is 7.99. The lowest BCUT2D eigenvalue weighted by Gasteiger charge is -2.06. The van der Waals surface area contributed by atoms with Gasteiger partial charge >= 0.3 is 0 Å². The van der Waals surface area contributed by atoms with E-state index < -0.39 is 5.91 Å². The van der Waals surface area contributed by atoms with Crippen LogP contribution in [0.25, 0.3) is 10.9 Å². The second-order valence-electron chi connectivity index (χ2n) is 5.12. The Morgan fingerprint density at radius 2 is 1.75 bits per heavy atom. The maximum atomic E-state index is 12.0. The molecule has 24 heavy (non-hydrogen) atoms. The smallest absolute Gasteiger partial charge is 0.248 e. The summed E-state index contributed by atoms with van der Waals surface area (Å²) in [5.74, 6) is -0.379. The van der Waals surface area contributed by atoms with Crippen molar-refractivity contribution in [1.82, 2.24) is 4.98 Å². The summed E-state index contributed by atoms with van der Waals surface area (Å²) in [4.78, 5) is 27.5. The van der Waals surface area contributed by atoms with Gasteiger partial charge in [0.05, 0.1) is 16.3 Å². The zero-order valence-corrected chi connectivity index (χ0v) is 13.5. The standard InChI is InChI=1S/C18H15N3O2S/c19-18(23)13-5-8-14(9-6-13)20-16(22)11-24-17-10-7-12-3-1-2-4-15(12)21-17/h1-10H,11H2,(H2,19,23)(H,20,22). The summed E-state index contributed by atoms with van der Waals surface area (Å²) in [5, 5.41) is 4.65. The molecule has 0 aliphatic rings. The van der Waals surface area contributed by atoms with Crippen molar-refractivity contribution in [2.45, 2.75) is 5.03 Å². The third-order valence-electron chi connectivity index (χ3n) is 3.38. The number of benzene rings is 2. The number of aromatic nitrogens is 1. The van der Waals surface area contributed by atoms with Gasteiger partial charge in [0.1, 0.15) is 0 Å². The molecule has 1 heterocycles. The molecule has 120 valence electrons. The van der Waals surface area contributed by atoms with Crippen LogP contribution in [-0.2, 0) is 4.79 Å². The van der Waals surface area contributed by atoms with E-state index in [4.69, 9.17) is 5.73 Å². The fourth-order valence-corrected chi connectivity index (χ4v) is 2.86. The van der Waals surface area contributed by atoms with Crippen LogP contribution in [0.5, 0.6) is 0 Å². The topological polar surface area (TPSA) is 85.1 Å². The van der Waals surface area contributed by atoms with Gasteiger partial charge < -0.3 is 11.1 Å². The fraction of sp³-hybridized carbons (Fsp3) is 0.0556. The zero-order chi connectivity index (χ0) is 16.9. The number of anilines is 1. The Bertz CT molecular complexity index is 894. The molecule has 0 aliphatic carbocycles. The first-order chi connectivity index (χ1) is 11.6. The quantitative estimate of drug-likeness (QED) is 0.701. The molecule has 0 saturated carbocycles. The Kier molecular flexibility index (Phi) is 4.77. The largest absolute Gasteiger partial charge is 0.366 e. The van der Waals surface area contributed by atoms with Crippen molar-refractivity contribution in [2.75, 3.05) is 11.1 Å². The van der Waals surface area contributed by atoms with E-state index in [9.17, 15) is 9.59 Å². The van der Waals surface area contributed by atoms with Gasteiger partial charge in [-0.3, -0.25) is 9.59 Å². The lowest BCUT2D eigenvalue weighted by Crippen LogP contribution is -2.15. The van der Waals surface area contributed by atoms with Crippen molar-refractivity contribution < 1.29 is 9.59 Å². The van der Waals surface area contributed by atoms with E-state index in [2.05, 4.69) is 10.3 Å². The SMILES string of the molecule is NC(=O)c1ccc(NC(=O)CSc2ccc3ccccc3n2)cc1. The molecule has 2 aromatic carbocycles. The highest BCUT2D eigenvalue weighted by atomic mass is 32.2. The number of primary amides is 1. The van der Waals surface area contributed by atoms with Crippen LogP contribution in [0, 0.1) is 0 Å². The van der Waals surface area contributed by atoms with E-state index in [-0.39, 0.29) is 11.7 Å². The monoisotopic (exact) mass is 337 g/mol. The van der Waals surface area contributed by atoms with Crippen molar-refractivity contribution in [1.29, 1.82) is 0 Å². The Hall–Kier alpha value is -2.86. The average molecular weight is 337 g/mol. The molecule has 0 unspecified atom stereocenters. The number of hydrogen-bond donors (Lipinski definition) is 2. The van der Waals surface area contributed by atoms with Crippen LogP contribution >= 0.6 is 11.8 Å². The molecule has 2 amide bonds. The number of fused-ring (bicyclic) bond motifs is 1. The van der Waals surface area contributed by atoms with Crippen LogP contribution < -0.4 is 11.1 Å². The van der Waals surface area contributed by atoms with Gasteiger partial charge in [-0.05, 0) is 36.4 Å². The molecule has 0 fully saturated rings. The molecule has 5 nitrogen and oxygen atoms in total. The minimum Gasteiger partial charge on any atom is -0.366 e. The number of thioether (sulfide) groups is 1. The predicted octanol–water partition coefficient (Wildman–Crippen LogP) is 3.06. The molecule has 3 aromatic rings. The molecule has 0 bridgehead atoms. The highest BCUT2D eigenvalue weighted by Crippen LogP contribution is 2.20. The zero-order valence-electron chi connectivity index (χ0n) is 12.7. The minimum atomic E-state index is -0.495. The van der Waals surface area contributed by atoms with E-state index in [0.717, 1.165) is 15.9 Å². The van der Waals surface area contributed by atoms with Crippen LogP contribution in [0.4, 0.5) is 5.69 Å². The number of nitrogens with two attached hydrogens (primary N) is 1. The van der Waals surface area contributed by atoms with Gasteiger partial charge in [-0.25, -0.2) is 4.98 Å². The van der Waals surface area contributed by atoms with Crippen molar-refractivity contribution in [3.8, 4) is 0 Å². The minimum absolute atomic E-state index is 0.137.